The number of fused-ring (bicyclic) bond motifs is 1. The zero-order valence-corrected chi connectivity index (χ0v) is 15.8. The number of benzene rings is 3. The molecule has 1 atom stereocenters. The molecule has 1 aromatic heterocycles. The quantitative estimate of drug-likeness (QED) is 0.509. The molecule has 0 bridgehead atoms. The number of aromatic nitrogens is 2. The Hall–Kier alpha value is -3.47. The largest absolute Gasteiger partial charge is 0.323 e. The predicted molar refractivity (Wildman–Crippen MR) is 111 cm³/mol. The second kappa shape index (κ2) is 7.17. The average molecular weight is 385 g/mol. The summed E-state index contributed by atoms with van der Waals surface area (Å²) in [4.78, 5) is 19.3. The van der Waals surface area contributed by atoms with Gasteiger partial charge in [0.1, 0.15) is 11.6 Å². The van der Waals surface area contributed by atoms with Crippen LogP contribution in [0.2, 0.25) is 0 Å². The number of hydrogen-bond acceptors (Lipinski definition) is 2. The van der Waals surface area contributed by atoms with Crippen molar-refractivity contribution >= 4 is 22.6 Å². The van der Waals surface area contributed by atoms with E-state index in [1.807, 2.05) is 36.4 Å². The van der Waals surface area contributed by atoms with Crippen molar-refractivity contribution in [3.05, 3.63) is 96.1 Å². The van der Waals surface area contributed by atoms with Crippen LogP contribution in [-0.2, 0) is 11.3 Å². The zero-order valence-electron chi connectivity index (χ0n) is 15.8. The summed E-state index contributed by atoms with van der Waals surface area (Å²) < 4.78 is 15.9. The smallest absolute Gasteiger partial charge is 0.227 e. The molecule has 1 aliphatic rings. The van der Waals surface area contributed by atoms with Crippen molar-refractivity contribution in [2.24, 2.45) is 0 Å². The highest BCUT2D eigenvalue weighted by Gasteiger charge is 2.35. The highest BCUT2D eigenvalue weighted by atomic mass is 19.1. The lowest BCUT2D eigenvalue weighted by Crippen LogP contribution is -2.24. The van der Waals surface area contributed by atoms with Gasteiger partial charge < -0.3 is 9.47 Å². The molecule has 1 saturated heterocycles. The summed E-state index contributed by atoms with van der Waals surface area (Å²) in [5.41, 5.74) is 3.77. The molecule has 1 fully saturated rings. The molecule has 1 amide bonds. The molecule has 29 heavy (non-hydrogen) atoms. The Morgan fingerprint density at radius 2 is 1.76 bits per heavy atom. The van der Waals surface area contributed by atoms with Crippen molar-refractivity contribution in [3.63, 3.8) is 0 Å². The second-order valence-electron chi connectivity index (χ2n) is 7.42. The van der Waals surface area contributed by atoms with E-state index in [0.29, 0.717) is 25.2 Å². The number of anilines is 1. The number of amides is 1. The van der Waals surface area contributed by atoms with Crippen LogP contribution in [0, 0.1) is 5.82 Å². The summed E-state index contributed by atoms with van der Waals surface area (Å²) in [6, 6.07) is 24.5. The van der Waals surface area contributed by atoms with Crippen molar-refractivity contribution in [1.29, 1.82) is 0 Å². The van der Waals surface area contributed by atoms with Crippen LogP contribution in [-0.4, -0.2) is 22.0 Å². The van der Waals surface area contributed by atoms with E-state index in [-0.39, 0.29) is 17.6 Å². The van der Waals surface area contributed by atoms with Crippen LogP contribution in [0.1, 0.15) is 23.7 Å². The third kappa shape index (κ3) is 3.29. The van der Waals surface area contributed by atoms with Crippen molar-refractivity contribution in [2.45, 2.75) is 18.9 Å². The van der Waals surface area contributed by atoms with Gasteiger partial charge in [-0.25, -0.2) is 9.37 Å². The lowest BCUT2D eigenvalue weighted by atomic mass is 10.1. The Balaban J connectivity index is 1.53. The van der Waals surface area contributed by atoms with Gasteiger partial charge >= 0.3 is 0 Å². The minimum absolute atomic E-state index is 0.00100. The number of carbonyl (C=O) groups is 1. The molecule has 0 saturated carbocycles. The van der Waals surface area contributed by atoms with E-state index in [4.69, 9.17) is 4.98 Å². The van der Waals surface area contributed by atoms with E-state index in [1.54, 1.807) is 17.0 Å². The van der Waals surface area contributed by atoms with Gasteiger partial charge in [0.15, 0.2) is 0 Å². The molecule has 4 aromatic rings. The second-order valence-corrected chi connectivity index (χ2v) is 7.42. The first-order valence-corrected chi connectivity index (χ1v) is 9.74. The molecule has 1 unspecified atom stereocenters. The highest BCUT2D eigenvalue weighted by Crippen LogP contribution is 2.33. The summed E-state index contributed by atoms with van der Waals surface area (Å²) in [6.45, 7) is 1.20. The summed E-state index contributed by atoms with van der Waals surface area (Å²) in [5, 5.41) is 0. The fraction of sp³-hybridized carbons (Fsp3) is 0.167. The van der Waals surface area contributed by atoms with E-state index in [2.05, 4.69) is 22.8 Å². The number of para-hydroxylation sites is 2. The maximum atomic E-state index is 13.7. The Morgan fingerprint density at radius 1 is 0.966 bits per heavy atom. The Kier molecular flexibility index (Phi) is 4.35. The maximum absolute atomic E-state index is 13.7. The van der Waals surface area contributed by atoms with E-state index < -0.39 is 0 Å². The lowest BCUT2D eigenvalue weighted by molar-refractivity contribution is -0.117. The van der Waals surface area contributed by atoms with Gasteiger partial charge in [0, 0.05) is 31.1 Å². The van der Waals surface area contributed by atoms with Gasteiger partial charge in [0.2, 0.25) is 5.91 Å². The molecule has 0 spiro atoms. The van der Waals surface area contributed by atoms with E-state index in [9.17, 15) is 9.18 Å². The molecule has 3 aromatic carbocycles. The molecule has 4 nitrogen and oxygen atoms in total. The third-order valence-electron chi connectivity index (χ3n) is 5.48. The molecule has 0 radical (unpaired) electrons. The number of nitrogens with zero attached hydrogens (tertiary/aromatic N) is 3. The molecule has 0 N–H and O–H groups in total. The molecular weight excluding hydrogens is 365 g/mol. The Morgan fingerprint density at radius 3 is 2.59 bits per heavy atom. The molecular formula is C24H20FN3O. The molecule has 5 rings (SSSR count). The summed E-state index contributed by atoms with van der Waals surface area (Å²) >= 11 is 0. The minimum Gasteiger partial charge on any atom is -0.323 e. The van der Waals surface area contributed by atoms with Crippen LogP contribution >= 0.6 is 0 Å². The van der Waals surface area contributed by atoms with Gasteiger partial charge in [-0.1, -0.05) is 48.5 Å². The molecule has 1 aliphatic heterocycles. The molecule has 2 heterocycles. The van der Waals surface area contributed by atoms with Gasteiger partial charge in [-0.05, 0) is 35.9 Å². The predicted octanol–water partition coefficient (Wildman–Crippen LogP) is 4.74. The Labute approximate surface area is 168 Å². The summed E-state index contributed by atoms with van der Waals surface area (Å²) in [6.07, 6.45) is 0.370. The minimum atomic E-state index is -0.338. The highest BCUT2D eigenvalue weighted by molar-refractivity contribution is 5.96. The van der Waals surface area contributed by atoms with Crippen LogP contribution in [0.25, 0.3) is 11.0 Å². The molecule has 144 valence electrons. The van der Waals surface area contributed by atoms with Crippen LogP contribution < -0.4 is 4.90 Å². The fourth-order valence-electron chi connectivity index (χ4n) is 4.11. The van der Waals surface area contributed by atoms with E-state index in [0.717, 1.165) is 16.9 Å². The Bertz CT molecular complexity index is 1190. The fourth-order valence-corrected chi connectivity index (χ4v) is 4.11. The molecule has 5 heteroatoms. The van der Waals surface area contributed by atoms with Gasteiger partial charge in [0.05, 0.1) is 11.0 Å². The average Bonchev–Trinajstić information content (AvgIpc) is 3.30. The first kappa shape index (κ1) is 17.6. The maximum Gasteiger partial charge on any atom is 0.227 e. The SMILES string of the molecule is O=C1CC(c2nc3ccccc3n2Cc2ccccc2)CN1c1cccc(F)c1. The normalized spacial score (nSPS) is 16.7. The van der Waals surface area contributed by atoms with Crippen LogP contribution in [0.4, 0.5) is 10.1 Å². The van der Waals surface area contributed by atoms with Gasteiger partial charge in [-0.15, -0.1) is 0 Å². The van der Waals surface area contributed by atoms with Crippen molar-refractivity contribution in [3.8, 4) is 0 Å². The number of hydrogen-bond donors (Lipinski definition) is 0. The summed E-state index contributed by atoms with van der Waals surface area (Å²) in [7, 11) is 0. The van der Waals surface area contributed by atoms with Gasteiger partial charge in [-0.3, -0.25) is 4.79 Å². The van der Waals surface area contributed by atoms with Crippen molar-refractivity contribution in [1.82, 2.24) is 9.55 Å². The molecule has 0 aliphatic carbocycles. The third-order valence-corrected chi connectivity index (χ3v) is 5.48. The topological polar surface area (TPSA) is 38.1 Å². The number of halogens is 1. The van der Waals surface area contributed by atoms with E-state index in [1.165, 1.54) is 17.7 Å². The van der Waals surface area contributed by atoms with Crippen molar-refractivity contribution in [2.75, 3.05) is 11.4 Å². The van der Waals surface area contributed by atoms with E-state index >= 15 is 0 Å². The first-order valence-electron chi connectivity index (χ1n) is 9.74. The monoisotopic (exact) mass is 385 g/mol. The lowest BCUT2D eigenvalue weighted by Gasteiger charge is -2.17. The zero-order chi connectivity index (χ0) is 19.8. The van der Waals surface area contributed by atoms with Gasteiger partial charge in [0.25, 0.3) is 0 Å². The van der Waals surface area contributed by atoms with Crippen LogP contribution in [0.15, 0.2) is 78.9 Å². The van der Waals surface area contributed by atoms with Crippen LogP contribution in [0.5, 0.6) is 0 Å². The van der Waals surface area contributed by atoms with Crippen LogP contribution in [0.3, 0.4) is 0 Å². The van der Waals surface area contributed by atoms with Crippen molar-refractivity contribution < 1.29 is 9.18 Å². The first-order chi connectivity index (χ1) is 14.2. The number of imidazole rings is 1. The standard InChI is InChI=1S/C24H20FN3O/c25-19-9-6-10-20(14-19)27-16-18(13-23(27)29)24-26-21-11-4-5-12-22(21)28(24)15-17-7-2-1-3-8-17/h1-12,14,18H,13,15-16H2. The number of rotatable bonds is 4. The van der Waals surface area contributed by atoms with Gasteiger partial charge in [-0.2, -0.15) is 0 Å². The summed E-state index contributed by atoms with van der Waals surface area (Å²) in [5.74, 6) is 0.526. The number of carbonyl (C=O) groups excluding carboxylic acids is 1.